The van der Waals surface area contributed by atoms with E-state index in [2.05, 4.69) is 9.40 Å². The molecular weight excluding hydrogens is 82.0 g/mol. The largest absolute Gasteiger partial charge is 0.452 e. The fourth-order valence-electron chi connectivity index (χ4n) is 0.176. The van der Waals surface area contributed by atoms with Gasteiger partial charge in [0.25, 0.3) is 0 Å². The second-order valence-electron chi connectivity index (χ2n) is 0.676. The van der Waals surface area contributed by atoms with Gasteiger partial charge >= 0.3 is 0 Å². The standard InChI is InChI=1S/C3H3NO.O/c1-2-5-3-4-1;/h1-3H;. The van der Waals surface area contributed by atoms with E-state index in [9.17, 15) is 0 Å². The van der Waals surface area contributed by atoms with Crippen LogP contribution in [0.4, 0.5) is 0 Å². The smallest absolute Gasteiger partial charge is 0.180 e. The van der Waals surface area contributed by atoms with Crippen molar-refractivity contribution in [1.82, 2.24) is 4.98 Å². The summed E-state index contributed by atoms with van der Waals surface area (Å²) in [6, 6.07) is 0. The maximum Gasteiger partial charge on any atom is 0.180 e. The number of nitrogens with zero attached hydrogens (tertiary/aromatic N) is 1. The molecule has 1 aromatic rings. The molecule has 3 nitrogen and oxygen atoms in total. The zero-order valence-corrected chi connectivity index (χ0v) is 3.00. The highest BCUT2D eigenvalue weighted by Gasteiger charge is 1.59. The summed E-state index contributed by atoms with van der Waals surface area (Å²) in [5.41, 5.74) is 0. The van der Waals surface area contributed by atoms with Gasteiger partial charge in [-0.15, -0.1) is 0 Å². The summed E-state index contributed by atoms with van der Waals surface area (Å²) in [4.78, 5) is 3.56. The van der Waals surface area contributed by atoms with Crippen molar-refractivity contribution in [2.24, 2.45) is 0 Å². The molecule has 0 unspecified atom stereocenters. The minimum atomic E-state index is 0. The van der Waals surface area contributed by atoms with Gasteiger partial charge in [-0.1, -0.05) is 0 Å². The molecule has 0 saturated carbocycles. The maximum absolute atomic E-state index is 4.47. The van der Waals surface area contributed by atoms with Crippen LogP contribution in [0.2, 0.25) is 0 Å². The van der Waals surface area contributed by atoms with Gasteiger partial charge in [-0.2, -0.15) is 0 Å². The molecule has 0 amide bonds. The van der Waals surface area contributed by atoms with Crippen LogP contribution in [0.25, 0.3) is 0 Å². The predicted octanol–water partition coefficient (Wildman–Crippen LogP) is 0.556. The minimum absolute atomic E-state index is 0. The summed E-state index contributed by atoms with van der Waals surface area (Å²) < 4.78 is 4.47. The van der Waals surface area contributed by atoms with Gasteiger partial charge in [-0.25, -0.2) is 4.98 Å². The lowest BCUT2D eigenvalue weighted by Crippen LogP contribution is -1.38. The first-order valence-electron chi connectivity index (χ1n) is 1.32. The molecular formula is C3H3NO2. The molecule has 0 fully saturated rings. The molecule has 0 aromatic carbocycles. The third kappa shape index (κ3) is 0.858. The average molecular weight is 85.1 g/mol. The van der Waals surface area contributed by atoms with E-state index in [1.807, 2.05) is 0 Å². The number of hydrogen-bond acceptors (Lipinski definition) is 2. The van der Waals surface area contributed by atoms with E-state index in [0.29, 0.717) is 0 Å². The number of oxazole rings is 1. The van der Waals surface area contributed by atoms with Crippen LogP contribution in [0, 0.1) is 0 Å². The highest BCUT2D eigenvalue weighted by molar-refractivity contribution is 4.56. The fraction of sp³-hybridized carbons (Fsp3) is 0. The van der Waals surface area contributed by atoms with Gasteiger partial charge in [-0.05, 0) is 0 Å². The van der Waals surface area contributed by atoms with E-state index >= 15 is 0 Å². The van der Waals surface area contributed by atoms with Crippen molar-refractivity contribution in [2.75, 3.05) is 0 Å². The van der Waals surface area contributed by atoms with Crippen molar-refractivity contribution in [1.29, 1.82) is 0 Å². The third-order valence-corrected chi connectivity index (χ3v) is 0.347. The first kappa shape index (κ1) is 5.17. The first-order chi connectivity index (χ1) is 2.50. The van der Waals surface area contributed by atoms with E-state index in [-0.39, 0.29) is 5.48 Å². The average Bonchev–Trinajstić information content (AvgIpc) is 1.76. The molecule has 0 atom stereocenters. The SMILES string of the molecule is [O].c1cocn1. The Kier molecular flexibility index (Phi) is 2.08. The Labute approximate surface area is 34.9 Å². The quantitative estimate of drug-likeness (QED) is 0.462. The molecule has 0 spiro atoms. The number of rotatable bonds is 0. The van der Waals surface area contributed by atoms with Gasteiger partial charge in [0.05, 0.1) is 6.20 Å². The van der Waals surface area contributed by atoms with Crippen molar-refractivity contribution in [3.63, 3.8) is 0 Å². The molecule has 32 valence electrons. The second-order valence-corrected chi connectivity index (χ2v) is 0.676. The minimum Gasteiger partial charge on any atom is -0.452 e. The van der Waals surface area contributed by atoms with Crippen LogP contribution in [-0.2, 0) is 5.48 Å². The third-order valence-electron chi connectivity index (χ3n) is 0.347. The van der Waals surface area contributed by atoms with Crippen molar-refractivity contribution >= 4 is 0 Å². The molecule has 0 bridgehead atoms. The van der Waals surface area contributed by atoms with Gasteiger partial charge < -0.3 is 4.42 Å². The van der Waals surface area contributed by atoms with Crippen LogP contribution in [-0.4, -0.2) is 4.98 Å². The molecule has 6 heavy (non-hydrogen) atoms. The van der Waals surface area contributed by atoms with E-state index in [1.54, 1.807) is 6.20 Å². The Morgan fingerprint density at radius 2 is 2.33 bits per heavy atom. The summed E-state index contributed by atoms with van der Waals surface area (Å²) in [5.74, 6) is 0. The molecule has 3 heteroatoms. The zero-order chi connectivity index (χ0) is 3.54. The molecule has 0 N–H and O–H groups in total. The topological polar surface area (TPSA) is 54.5 Å². The molecule has 0 aliphatic rings. The van der Waals surface area contributed by atoms with Crippen molar-refractivity contribution in [2.45, 2.75) is 0 Å². The van der Waals surface area contributed by atoms with Gasteiger partial charge in [0.15, 0.2) is 6.39 Å². The van der Waals surface area contributed by atoms with Crippen LogP contribution in [0.15, 0.2) is 23.3 Å². The molecule has 1 aromatic heterocycles. The van der Waals surface area contributed by atoms with Crippen LogP contribution in [0.1, 0.15) is 0 Å². The summed E-state index contributed by atoms with van der Waals surface area (Å²) >= 11 is 0. The monoisotopic (exact) mass is 85.0 g/mol. The molecule has 0 aliphatic carbocycles. The number of aromatic nitrogens is 1. The molecule has 0 saturated heterocycles. The summed E-state index contributed by atoms with van der Waals surface area (Å²) in [5, 5.41) is 0. The summed E-state index contributed by atoms with van der Waals surface area (Å²) in [7, 11) is 0. The lowest BCUT2D eigenvalue weighted by molar-refractivity contribution is 0.558. The van der Waals surface area contributed by atoms with E-state index in [1.165, 1.54) is 12.7 Å². The molecule has 1 heterocycles. The molecule has 2 radical (unpaired) electrons. The van der Waals surface area contributed by atoms with Crippen molar-refractivity contribution < 1.29 is 9.89 Å². The molecule has 1 rings (SSSR count). The van der Waals surface area contributed by atoms with Crippen LogP contribution in [0.3, 0.4) is 0 Å². The Morgan fingerprint density at radius 1 is 1.50 bits per heavy atom. The highest BCUT2D eigenvalue weighted by Crippen LogP contribution is 1.72. The Morgan fingerprint density at radius 3 is 2.50 bits per heavy atom. The van der Waals surface area contributed by atoms with Crippen LogP contribution < -0.4 is 0 Å². The van der Waals surface area contributed by atoms with Crippen molar-refractivity contribution in [3.05, 3.63) is 18.9 Å². The summed E-state index contributed by atoms with van der Waals surface area (Å²) in [6.45, 7) is 0. The zero-order valence-electron chi connectivity index (χ0n) is 3.00. The maximum atomic E-state index is 4.47. The molecule has 0 aliphatic heterocycles. The van der Waals surface area contributed by atoms with Crippen LogP contribution in [0.5, 0.6) is 0 Å². The lowest BCUT2D eigenvalue weighted by atomic mass is 11.0. The van der Waals surface area contributed by atoms with Gasteiger partial charge in [-0.3, -0.25) is 0 Å². The second kappa shape index (κ2) is 2.41. The van der Waals surface area contributed by atoms with Crippen LogP contribution >= 0.6 is 0 Å². The number of hydrogen-bond donors (Lipinski definition) is 0. The van der Waals surface area contributed by atoms with Gasteiger partial charge in [0.1, 0.15) is 6.26 Å². The normalized spacial score (nSPS) is 6.67. The Hall–Kier alpha value is -0.830. The lowest BCUT2D eigenvalue weighted by Gasteiger charge is -1.47. The first-order valence-corrected chi connectivity index (χ1v) is 1.32. The van der Waals surface area contributed by atoms with Crippen molar-refractivity contribution in [3.8, 4) is 0 Å². The van der Waals surface area contributed by atoms with Gasteiger partial charge in [0, 0.05) is 5.48 Å². The Balaban J connectivity index is 0.000000250. The highest BCUT2D eigenvalue weighted by atomic mass is 16.3. The van der Waals surface area contributed by atoms with Gasteiger partial charge in [0.2, 0.25) is 0 Å². The van der Waals surface area contributed by atoms with E-state index in [4.69, 9.17) is 0 Å². The summed E-state index contributed by atoms with van der Waals surface area (Å²) in [6.07, 6.45) is 4.47. The predicted molar refractivity (Wildman–Crippen MR) is 17.2 cm³/mol. The fourth-order valence-corrected chi connectivity index (χ4v) is 0.176. The Bertz CT molecular complexity index is 65.3. The van der Waals surface area contributed by atoms with E-state index in [0.717, 1.165) is 0 Å². The van der Waals surface area contributed by atoms with E-state index < -0.39 is 0 Å².